The summed E-state index contributed by atoms with van der Waals surface area (Å²) in [4.78, 5) is 9.36. The summed E-state index contributed by atoms with van der Waals surface area (Å²) in [5.41, 5.74) is 0.942. The van der Waals surface area contributed by atoms with Crippen molar-refractivity contribution in [2.75, 3.05) is 0 Å². The van der Waals surface area contributed by atoms with Gasteiger partial charge < -0.3 is 0 Å². The van der Waals surface area contributed by atoms with Gasteiger partial charge in [0.25, 0.3) is 0 Å². The highest BCUT2D eigenvalue weighted by Crippen LogP contribution is 2.28. The normalized spacial score (nSPS) is 10.3. The Hall–Kier alpha value is -0.260. The molecule has 5 heteroatoms. The largest absolute Gasteiger partial charge is 0.231 e. The Kier molecular flexibility index (Phi) is 2.76. The Balaban J connectivity index is 2.46. The Morgan fingerprint density at radius 1 is 1.31 bits per heavy atom. The number of nitrogens with zero attached hydrogens (tertiary/aromatic N) is 2. The Morgan fingerprint density at radius 2 is 2.15 bits per heavy atom. The molecule has 0 spiro atoms. The maximum atomic E-state index is 4.25. The number of rotatable bonds is 1. The van der Waals surface area contributed by atoms with Gasteiger partial charge in [0.15, 0.2) is 4.73 Å². The Labute approximate surface area is 96.3 Å². The lowest BCUT2D eigenvalue weighted by Crippen LogP contribution is -1.83. The third-order valence-corrected chi connectivity index (χ3v) is 3.54. The first-order valence-corrected chi connectivity index (χ1v) is 5.95. The Bertz CT molecular complexity index is 428. The molecule has 2 rings (SSSR count). The molecule has 0 fully saturated rings. The monoisotopic (exact) mass is 318 g/mol. The first-order chi connectivity index (χ1) is 6.25. The summed E-state index contributed by atoms with van der Waals surface area (Å²) < 4.78 is 1.71. The Morgan fingerprint density at radius 3 is 2.77 bits per heavy atom. The van der Waals surface area contributed by atoms with E-state index in [4.69, 9.17) is 0 Å². The van der Waals surface area contributed by atoms with E-state index in [-0.39, 0.29) is 0 Å². The molecule has 2 aromatic rings. The highest BCUT2D eigenvalue weighted by molar-refractivity contribution is 9.10. The summed E-state index contributed by atoms with van der Waals surface area (Å²) >= 11 is 8.29. The average molecular weight is 320 g/mol. The van der Waals surface area contributed by atoms with Crippen molar-refractivity contribution in [1.29, 1.82) is 0 Å². The van der Waals surface area contributed by atoms with Crippen molar-refractivity contribution < 1.29 is 0 Å². The topological polar surface area (TPSA) is 25.8 Å². The highest BCUT2D eigenvalue weighted by atomic mass is 79.9. The van der Waals surface area contributed by atoms with Gasteiger partial charge in [-0.05, 0) is 44.0 Å². The van der Waals surface area contributed by atoms with Crippen LogP contribution in [0.1, 0.15) is 0 Å². The molecule has 0 aliphatic carbocycles. The predicted octanol–water partition coefficient (Wildman–Crippen LogP) is 3.73. The zero-order valence-corrected chi connectivity index (χ0v) is 10.4. The molecule has 0 saturated carbocycles. The summed E-state index contributed by atoms with van der Waals surface area (Å²) in [5.74, 6) is 0. The lowest BCUT2D eigenvalue weighted by Gasteiger charge is -1.94. The van der Waals surface area contributed by atoms with Crippen LogP contribution in [0.25, 0.3) is 10.6 Å². The standard InChI is InChI=1S/C8H4Br2N2S/c9-5-3-7(13-4-5)6-1-2-11-8(10)12-6/h1-4H. The van der Waals surface area contributed by atoms with Crippen LogP contribution in [-0.2, 0) is 0 Å². The maximum absolute atomic E-state index is 4.25. The molecular weight excluding hydrogens is 316 g/mol. The van der Waals surface area contributed by atoms with Gasteiger partial charge in [0.2, 0.25) is 0 Å². The lowest BCUT2D eigenvalue weighted by molar-refractivity contribution is 1.12. The van der Waals surface area contributed by atoms with E-state index in [0.29, 0.717) is 4.73 Å². The second-order valence-electron chi connectivity index (χ2n) is 2.34. The first kappa shape index (κ1) is 9.30. The van der Waals surface area contributed by atoms with Gasteiger partial charge in [-0.1, -0.05) is 0 Å². The molecule has 0 amide bonds. The zero-order valence-electron chi connectivity index (χ0n) is 6.37. The van der Waals surface area contributed by atoms with Crippen LogP contribution in [0.4, 0.5) is 0 Å². The second-order valence-corrected chi connectivity index (χ2v) is 4.88. The van der Waals surface area contributed by atoms with Gasteiger partial charge in [-0.2, -0.15) is 0 Å². The third kappa shape index (κ3) is 2.15. The van der Waals surface area contributed by atoms with Crippen molar-refractivity contribution in [2.45, 2.75) is 0 Å². The van der Waals surface area contributed by atoms with Gasteiger partial charge in [0.05, 0.1) is 10.6 Å². The fourth-order valence-corrected chi connectivity index (χ4v) is 2.63. The lowest BCUT2D eigenvalue weighted by atomic mass is 10.3. The molecule has 0 atom stereocenters. The van der Waals surface area contributed by atoms with Crippen LogP contribution in [0, 0.1) is 0 Å². The minimum absolute atomic E-state index is 0.620. The van der Waals surface area contributed by atoms with Crippen LogP contribution in [0.3, 0.4) is 0 Å². The van der Waals surface area contributed by atoms with Crippen molar-refractivity contribution in [3.8, 4) is 10.6 Å². The van der Waals surface area contributed by atoms with E-state index in [9.17, 15) is 0 Å². The zero-order chi connectivity index (χ0) is 9.26. The molecular formula is C8H4Br2N2S. The van der Waals surface area contributed by atoms with Crippen molar-refractivity contribution >= 4 is 43.2 Å². The molecule has 0 saturated heterocycles. The molecule has 2 heterocycles. The van der Waals surface area contributed by atoms with Crippen LogP contribution in [0.5, 0.6) is 0 Å². The highest BCUT2D eigenvalue weighted by Gasteiger charge is 2.02. The summed E-state index contributed by atoms with van der Waals surface area (Å²) in [6.45, 7) is 0. The smallest absolute Gasteiger partial charge is 0.197 e. The molecule has 13 heavy (non-hydrogen) atoms. The number of thiophene rings is 1. The molecule has 2 aromatic heterocycles. The number of hydrogen-bond donors (Lipinski definition) is 0. The van der Waals surface area contributed by atoms with Crippen LogP contribution in [0.15, 0.2) is 32.9 Å². The van der Waals surface area contributed by atoms with Crippen molar-refractivity contribution in [3.63, 3.8) is 0 Å². The van der Waals surface area contributed by atoms with Gasteiger partial charge in [-0.25, -0.2) is 9.97 Å². The average Bonchev–Trinajstić information content (AvgIpc) is 2.52. The third-order valence-electron chi connectivity index (χ3n) is 1.45. The molecule has 0 aliphatic heterocycles. The minimum Gasteiger partial charge on any atom is -0.231 e. The molecule has 0 aromatic carbocycles. The summed E-state index contributed by atoms with van der Waals surface area (Å²) in [7, 11) is 0. The van der Waals surface area contributed by atoms with E-state index < -0.39 is 0 Å². The van der Waals surface area contributed by atoms with E-state index >= 15 is 0 Å². The molecule has 0 bridgehead atoms. The van der Waals surface area contributed by atoms with Crippen LogP contribution in [-0.4, -0.2) is 9.97 Å². The van der Waals surface area contributed by atoms with Crippen molar-refractivity contribution in [1.82, 2.24) is 9.97 Å². The van der Waals surface area contributed by atoms with Crippen molar-refractivity contribution in [3.05, 3.63) is 32.9 Å². The molecule has 0 N–H and O–H groups in total. The maximum Gasteiger partial charge on any atom is 0.197 e. The molecule has 0 aliphatic rings. The van der Waals surface area contributed by atoms with Crippen LogP contribution >= 0.6 is 43.2 Å². The minimum atomic E-state index is 0.620. The second kappa shape index (κ2) is 3.86. The predicted molar refractivity (Wildman–Crippen MR) is 60.7 cm³/mol. The molecule has 0 unspecified atom stereocenters. The molecule has 0 radical (unpaired) electrons. The number of hydrogen-bond acceptors (Lipinski definition) is 3. The summed E-state index contributed by atoms with van der Waals surface area (Å²) in [6, 6.07) is 3.93. The van der Waals surface area contributed by atoms with Crippen LogP contribution in [0.2, 0.25) is 0 Å². The van der Waals surface area contributed by atoms with Crippen molar-refractivity contribution in [2.24, 2.45) is 0 Å². The van der Waals surface area contributed by atoms with Gasteiger partial charge in [0.1, 0.15) is 0 Å². The summed E-state index contributed by atoms with van der Waals surface area (Å²) in [6.07, 6.45) is 1.74. The number of halogens is 2. The summed E-state index contributed by atoms with van der Waals surface area (Å²) in [5, 5.41) is 2.03. The van der Waals surface area contributed by atoms with Gasteiger partial charge in [0, 0.05) is 16.0 Å². The molecule has 66 valence electrons. The fraction of sp³-hybridized carbons (Fsp3) is 0. The van der Waals surface area contributed by atoms with Gasteiger partial charge in [-0.3, -0.25) is 0 Å². The van der Waals surface area contributed by atoms with Crippen LogP contribution < -0.4 is 0 Å². The van der Waals surface area contributed by atoms with E-state index in [2.05, 4.69) is 41.8 Å². The SMILES string of the molecule is Brc1csc(-c2ccnc(Br)n2)c1. The van der Waals surface area contributed by atoms with E-state index in [0.717, 1.165) is 15.0 Å². The molecule has 2 nitrogen and oxygen atoms in total. The van der Waals surface area contributed by atoms with Gasteiger partial charge >= 0.3 is 0 Å². The first-order valence-electron chi connectivity index (χ1n) is 3.48. The number of aromatic nitrogens is 2. The quantitative estimate of drug-likeness (QED) is 0.748. The van der Waals surface area contributed by atoms with E-state index in [1.165, 1.54) is 0 Å². The van der Waals surface area contributed by atoms with Gasteiger partial charge in [-0.15, -0.1) is 11.3 Å². The van der Waals surface area contributed by atoms with E-state index in [1.807, 2.05) is 17.5 Å². The fourth-order valence-electron chi connectivity index (χ4n) is 0.920. The van der Waals surface area contributed by atoms with E-state index in [1.54, 1.807) is 17.5 Å².